The third kappa shape index (κ3) is 2.26. The van der Waals surface area contributed by atoms with Gasteiger partial charge < -0.3 is 9.52 Å². The Bertz CT molecular complexity index is 1000. The number of phenolic OH excluding ortho intramolecular Hbond substituents is 1. The molecule has 0 bridgehead atoms. The lowest BCUT2D eigenvalue weighted by Gasteiger charge is -2.03. The molecular weight excluding hydrogens is 294 g/mol. The standard InChI is InChI=1S/C17H11N3O3/c21-14-5-2-1-4-11(14)17(22)12-7-8-20-16(18-12)10-13(19-20)15-6-3-9-23-15/h1-10,21H. The van der Waals surface area contributed by atoms with Crippen LogP contribution in [-0.2, 0) is 0 Å². The molecule has 0 saturated heterocycles. The number of hydrogen-bond donors (Lipinski definition) is 1. The predicted molar refractivity (Wildman–Crippen MR) is 82.2 cm³/mol. The molecule has 112 valence electrons. The number of phenols is 1. The minimum atomic E-state index is -0.341. The summed E-state index contributed by atoms with van der Waals surface area (Å²) in [6.45, 7) is 0. The molecule has 1 aromatic carbocycles. The second-order valence-corrected chi connectivity index (χ2v) is 4.97. The van der Waals surface area contributed by atoms with Crippen molar-refractivity contribution in [1.82, 2.24) is 14.6 Å². The van der Waals surface area contributed by atoms with Crippen LogP contribution in [0, 0.1) is 0 Å². The minimum absolute atomic E-state index is 0.0658. The monoisotopic (exact) mass is 305 g/mol. The van der Waals surface area contributed by atoms with Crippen molar-refractivity contribution in [3.8, 4) is 17.2 Å². The van der Waals surface area contributed by atoms with Gasteiger partial charge in [0.2, 0.25) is 5.78 Å². The summed E-state index contributed by atoms with van der Waals surface area (Å²) in [5.74, 6) is 0.222. The largest absolute Gasteiger partial charge is 0.507 e. The Morgan fingerprint density at radius 3 is 2.78 bits per heavy atom. The normalized spacial score (nSPS) is 11.0. The average Bonchev–Trinajstić information content (AvgIpc) is 3.23. The van der Waals surface area contributed by atoms with E-state index in [2.05, 4.69) is 10.1 Å². The van der Waals surface area contributed by atoms with Crippen LogP contribution in [0.4, 0.5) is 0 Å². The van der Waals surface area contributed by atoms with Crippen LogP contribution in [0.15, 0.2) is 65.4 Å². The van der Waals surface area contributed by atoms with Crippen molar-refractivity contribution in [2.24, 2.45) is 0 Å². The van der Waals surface area contributed by atoms with Crippen molar-refractivity contribution in [3.63, 3.8) is 0 Å². The van der Waals surface area contributed by atoms with Crippen molar-refractivity contribution < 1.29 is 14.3 Å². The molecular formula is C17H11N3O3. The summed E-state index contributed by atoms with van der Waals surface area (Å²) in [5, 5.41) is 14.2. The Balaban J connectivity index is 1.77. The van der Waals surface area contributed by atoms with E-state index in [9.17, 15) is 9.90 Å². The van der Waals surface area contributed by atoms with E-state index in [1.165, 1.54) is 6.07 Å². The molecule has 6 heteroatoms. The zero-order valence-corrected chi connectivity index (χ0v) is 11.9. The first-order chi connectivity index (χ1) is 11.2. The smallest absolute Gasteiger partial charge is 0.215 e. The van der Waals surface area contributed by atoms with E-state index in [0.29, 0.717) is 17.1 Å². The molecule has 6 nitrogen and oxygen atoms in total. The second-order valence-electron chi connectivity index (χ2n) is 4.97. The lowest BCUT2D eigenvalue weighted by Crippen LogP contribution is -2.05. The van der Waals surface area contributed by atoms with Crippen LogP contribution >= 0.6 is 0 Å². The number of carbonyl (C=O) groups excluding carboxylic acids is 1. The van der Waals surface area contributed by atoms with Crippen molar-refractivity contribution in [1.29, 1.82) is 0 Å². The van der Waals surface area contributed by atoms with Gasteiger partial charge in [-0.05, 0) is 30.3 Å². The van der Waals surface area contributed by atoms with Crippen LogP contribution < -0.4 is 0 Å². The number of carbonyl (C=O) groups is 1. The number of ketones is 1. The number of nitrogens with zero attached hydrogens (tertiary/aromatic N) is 3. The molecule has 0 radical (unpaired) electrons. The molecule has 1 N–H and O–H groups in total. The van der Waals surface area contributed by atoms with Crippen LogP contribution in [0.5, 0.6) is 5.75 Å². The highest BCUT2D eigenvalue weighted by Crippen LogP contribution is 2.21. The fourth-order valence-electron chi connectivity index (χ4n) is 2.35. The molecule has 4 rings (SSSR count). The third-order valence-electron chi connectivity index (χ3n) is 3.48. The SMILES string of the molecule is O=C(c1ccn2nc(-c3ccco3)cc2n1)c1ccccc1O. The van der Waals surface area contributed by atoms with Crippen LogP contribution in [-0.4, -0.2) is 25.5 Å². The quantitative estimate of drug-likeness (QED) is 0.589. The van der Waals surface area contributed by atoms with Gasteiger partial charge in [0.25, 0.3) is 0 Å². The molecule has 0 spiro atoms. The summed E-state index contributed by atoms with van der Waals surface area (Å²) in [6.07, 6.45) is 3.22. The highest BCUT2D eigenvalue weighted by atomic mass is 16.3. The maximum atomic E-state index is 12.5. The van der Waals surface area contributed by atoms with Gasteiger partial charge in [0.1, 0.15) is 17.1 Å². The van der Waals surface area contributed by atoms with Gasteiger partial charge in [-0.1, -0.05) is 12.1 Å². The van der Waals surface area contributed by atoms with Gasteiger partial charge in [0.05, 0.1) is 11.8 Å². The van der Waals surface area contributed by atoms with E-state index < -0.39 is 0 Å². The van der Waals surface area contributed by atoms with E-state index in [1.807, 2.05) is 0 Å². The highest BCUT2D eigenvalue weighted by Gasteiger charge is 2.16. The molecule has 0 unspecified atom stereocenters. The Labute approximate surface area is 130 Å². The Morgan fingerprint density at radius 1 is 1.13 bits per heavy atom. The number of para-hydroxylation sites is 1. The van der Waals surface area contributed by atoms with Gasteiger partial charge in [-0.2, -0.15) is 5.10 Å². The molecule has 3 aromatic heterocycles. The van der Waals surface area contributed by atoms with Gasteiger partial charge >= 0.3 is 0 Å². The summed E-state index contributed by atoms with van der Waals surface area (Å²) in [5.41, 5.74) is 1.62. The number of benzene rings is 1. The summed E-state index contributed by atoms with van der Waals surface area (Å²) in [7, 11) is 0. The summed E-state index contributed by atoms with van der Waals surface area (Å²) in [6, 6.07) is 13.3. The Kier molecular flexibility index (Phi) is 2.94. The molecule has 0 fully saturated rings. The number of rotatable bonds is 3. The maximum Gasteiger partial charge on any atom is 0.215 e. The van der Waals surface area contributed by atoms with Crippen molar-refractivity contribution >= 4 is 11.4 Å². The lowest BCUT2D eigenvalue weighted by molar-refractivity contribution is 0.103. The summed E-state index contributed by atoms with van der Waals surface area (Å²) >= 11 is 0. The van der Waals surface area contributed by atoms with E-state index in [1.54, 1.807) is 59.4 Å². The van der Waals surface area contributed by atoms with Gasteiger partial charge in [0.15, 0.2) is 11.4 Å². The average molecular weight is 305 g/mol. The van der Waals surface area contributed by atoms with E-state index in [4.69, 9.17) is 4.42 Å². The molecule has 0 aliphatic rings. The minimum Gasteiger partial charge on any atom is -0.507 e. The van der Waals surface area contributed by atoms with Gasteiger partial charge in [-0.25, -0.2) is 9.50 Å². The maximum absolute atomic E-state index is 12.5. The molecule has 0 amide bonds. The van der Waals surface area contributed by atoms with Gasteiger partial charge in [-0.3, -0.25) is 4.79 Å². The lowest BCUT2D eigenvalue weighted by atomic mass is 10.1. The van der Waals surface area contributed by atoms with Crippen LogP contribution in [0.2, 0.25) is 0 Å². The van der Waals surface area contributed by atoms with Crippen LogP contribution in [0.25, 0.3) is 17.1 Å². The Hall–Kier alpha value is -3.41. The number of aromatic hydroxyl groups is 1. The topological polar surface area (TPSA) is 80.6 Å². The first-order valence-corrected chi connectivity index (χ1v) is 6.95. The summed E-state index contributed by atoms with van der Waals surface area (Å²) in [4.78, 5) is 16.8. The van der Waals surface area contributed by atoms with Crippen LogP contribution in [0.3, 0.4) is 0 Å². The second kappa shape index (κ2) is 5.10. The fraction of sp³-hybridized carbons (Fsp3) is 0. The number of aromatic nitrogens is 3. The number of furan rings is 1. The molecule has 0 aliphatic heterocycles. The molecule has 0 aliphatic carbocycles. The molecule has 0 saturated carbocycles. The Morgan fingerprint density at radius 2 is 2.00 bits per heavy atom. The van der Waals surface area contributed by atoms with Crippen molar-refractivity contribution in [3.05, 3.63) is 72.2 Å². The fourth-order valence-corrected chi connectivity index (χ4v) is 2.35. The van der Waals surface area contributed by atoms with Crippen molar-refractivity contribution in [2.75, 3.05) is 0 Å². The van der Waals surface area contributed by atoms with Gasteiger partial charge in [0, 0.05) is 12.3 Å². The zero-order chi connectivity index (χ0) is 15.8. The molecule has 23 heavy (non-hydrogen) atoms. The number of hydrogen-bond acceptors (Lipinski definition) is 5. The first kappa shape index (κ1) is 13.3. The number of fused-ring (bicyclic) bond motifs is 1. The predicted octanol–water partition coefficient (Wildman–Crippen LogP) is 2.93. The summed E-state index contributed by atoms with van der Waals surface area (Å²) < 4.78 is 6.88. The highest BCUT2D eigenvalue weighted by molar-refractivity contribution is 6.09. The van der Waals surface area contributed by atoms with E-state index in [-0.39, 0.29) is 22.8 Å². The van der Waals surface area contributed by atoms with Gasteiger partial charge in [-0.15, -0.1) is 0 Å². The van der Waals surface area contributed by atoms with Crippen LogP contribution in [0.1, 0.15) is 16.1 Å². The van der Waals surface area contributed by atoms with Crippen molar-refractivity contribution in [2.45, 2.75) is 0 Å². The third-order valence-corrected chi connectivity index (χ3v) is 3.48. The first-order valence-electron chi connectivity index (χ1n) is 6.95. The van der Waals surface area contributed by atoms with E-state index in [0.717, 1.165) is 0 Å². The molecule has 3 heterocycles. The molecule has 4 aromatic rings. The zero-order valence-electron chi connectivity index (χ0n) is 11.9. The molecule has 0 atom stereocenters. The van der Waals surface area contributed by atoms with E-state index >= 15 is 0 Å².